The Kier molecular flexibility index (Phi) is 3.08. The molecule has 0 atom stereocenters. The van der Waals surface area contributed by atoms with Crippen LogP contribution < -0.4 is 0 Å². The monoisotopic (exact) mass is 289 g/mol. The molecule has 100 valence electrons. The molecule has 0 saturated heterocycles. The molecule has 6 heteroatoms. The normalized spacial score (nSPS) is 11.9. The van der Waals surface area contributed by atoms with Gasteiger partial charge in [-0.05, 0) is 24.3 Å². The number of nitrogens with zero attached hydrogens (tertiary/aromatic N) is 1. The molecule has 0 spiro atoms. The summed E-state index contributed by atoms with van der Waals surface area (Å²) >= 11 is 1.45. The van der Waals surface area contributed by atoms with E-state index in [0.29, 0.717) is 10.8 Å². The fourth-order valence-corrected chi connectivity index (χ4v) is 2.64. The first-order valence-corrected chi connectivity index (χ1v) is 6.51. The van der Waals surface area contributed by atoms with Crippen LogP contribution in [-0.4, -0.2) is 16.1 Å². The zero-order chi connectivity index (χ0) is 14.1. The van der Waals surface area contributed by atoms with E-state index in [-0.39, 0.29) is 5.76 Å². The van der Waals surface area contributed by atoms with E-state index >= 15 is 0 Å². The number of carbonyl (C=O) groups is 1. The number of hydrogen-bond donors (Lipinski definition) is 1. The highest BCUT2D eigenvalue weighted by Crippen LogP contribution is 2.31. The zero-order valence-electron chi connectivity index (χ0n) is 10.0. The SMILES string of the molecule is O=C(O)C(F)=Cc1ccc(-c2nc3ccccc3s2)o1. The lowest BCUT2D eigenvalue weighted by Crippen LogP contribution is -1.93. The summed E-state index contributed by atoms with van der Waals surface area (Å²) in [6, 6.07) is 10.8. The van der Waals surface area contributed by atoms with E-state index < -0.39 is 11.8 Å². The summed E-state index contributed by atoms with van der Waals surface area (Å²) in [7, 11) is 0. The molecule has 1 N–H and O–H groups in total. The highest BCUT2D eigenvalue weighted by Gasteiger charge is 2.11. The van der Waals surface area contributed by atoms with Crippen molar-refractivity contribution in [1.82, 2.24) is 4.98 Å². The number of thiazole rings is 1. The molecule has 0 radical (unpaired) electrons. The summed E-state index contributed by atoms with van der Waals surface area (Å²) in [5, 5.41) is 9.14. The van der Waals surface area contributed by atoms with Gasteiger partial charge in [-0.1, -0.05) is 12.1 Å². The molecular weight excluding hydrogens is 281 g/mol. The lowest BCUT2D eigenvalue weighted by Gasteiger charge is -1.89. The Morgan fingerprint density at radius 1 is 1.30 bits per heavy atom. The predicted octanol–water partition coefficient (Wildman–Crippen LogP) is 3.95. The molecule has 0 unspecified atom stereocenters. The minimum absolute atomic E-state index is 0.138. The van der Waals surface area contributed by atoms with Gasteiger partial charge in [0.1, 0.15) is 5.76 Å². The van der Waals surface area contributed by atoms with Crippen molar-refractivity contribution < 1.29 is 18.7 Å². The van der Waals surface area contributed by atoms with Crippen molar-refractivity contribution in [3.63, 3.8) is 0 Å². The molecule has 2 heterocycles. The number of para-hydroxylation sites is 1. The van der Waals surface area contributed by atoms with E-state index in [4.69, 9.17) is 9.52 Å². The maximum absolute atomic E-state index is 13.0. The van der Waals surface area contributed by atoms with Crippen LogP contribution in [0.25, 0.3) is 27.1 Å². The number of carboxylic acids is 1. The van der Waals surface area contributed by atoms with Crippen LogP contribution in [0.4, 0.5) is 4.39 Å². The van der Waals surface area contributed by atoms with Crippen LogP contribution in [0.3, 0.4) is 0 Å². The zero-order valence-corrected chi connectivity index (χ0v) is 10.9. The summed E-state index contributed by atoms with van der Waals surface area (Å²) in [5.41, 5.74) is 0.859. The van der Waals surface area contributed by atoms with Crippen molar-refractivity contribution in [2.24, 2.45) is 0 Å². The minimum Gasteiger partial charge on any atom is -0.476 e. The van der Waals surface area contributed by atoms with Gasteiger partial charge in [-0.25, -0.2) is 9.78 Å². The van der Waals surface area contributed by atoms with Crippen molar-refractivity contribution >= 4 is 33.6 Å². The van der Waals surface area contributed by atoms with Crippen LogP contribution in [0.1, 0.15) is 5.76 Å². The first kappa shape index (κ1) is 12.6. The number of fused-ring (bicyclic) bond motifs is 1. The van der Waals surface area contributed by atoms with Gasteiger partial charge in [-0.2, -0.15) is 4.39 Å². The molecule has 20 heavy (non-hydrogen) atoms. The Morgan fingerprint density at radius 2 is 2.10 bits per heavy atom. The Hall–Kier alpha value is -2.47. The topological polar surface area (TPSA) is 63.3 Å². The molecule has 2 aromatic heterocycles. The largest absolute Gasteiger partial charge is 0.476 e. The van der Waals surface area contributed by atoms with Crippen LogP contribution in [0.5, 0.6) is 0 Å². The van der Waals surface area contributed by atoms with Crippen molar-refractivity contribution in [2.75, 3.05) is 0 Å². The van der Waals surface area contributed by atoms with E-state index in [2.05, 4.69) is 4.98 Å². The third-order valence-corrected chi connectivity index (χ3v) is 3.66. The number of aromatic nitrogens is 1. The van der Waals surface area contributed by atoms with Crippen molar-refractivity contribution in [3.8, 4) is 10.8 Å². The predicted molar refractivity (Wildman–Crippen MR) is 74.0 cm³/mol. The molecule has 0 saturated carbocycles. The maximum Gasteiger partial charge on any atom is 0.364 e. The second kappa shape index (κ2) is 4.90. The average Bonchev–Trinajstić information content (AvgIpc) is 3.03. The van der Waals surface area contributed by atoms with Crippen molar-refractivity contribution in [3.05, 3.63) is 48.0 Å². The van der Waals surface area contributed by atoms with Crippen LogP contribution in [0.15, 0.2) is 46.6 Å². The van der Waals surface area contributed by atoms with E-state index in [9.17, 15) is 9.18 Å². The lowest BCUT2D eigenvalue weighted by molar-refractivity contribution is -0.134. The quantitative estimate of drug-likeness (QED) is 0.741. The number of carboxylic acid groups (broad SMARTS) is 1. The highest BCUT2D eigenvalue weighted by molar-refractivity contribution is 7.21. The molecule has 0 aliphatic heterocycles. The van der Waals surface area contributed by atoms with Gasteiger partial charge in [0.15, 0.2) is 10.8 Å². The van der Waals surface area contributed by atoms with Gasteiger partial charge < -0.3 is 9.52 Å². The Morgan fingerprint density at radius 3 is 2.85 bits per heavy atom. The number of halogens is 1. The van der Waals surface area contributed by atoms with Crippen LogP contribution >= 0.6 is 11.3 Å². The maximum atomic E-state index is 13.0. The fourth-order valence-electron chi connectivity index (χ4n) is 1.71. The molecule has 3 rings (SSSR count). The average molecular weight is 289 g/mol. The van der Waals surface area contributed by atoms with E-state index in [1.54, 1.807) is 6.07 Å². The van der Waals surface area contributed by atoms with Gasteiger partial charge in [0.25, 0.3) is 0 Å². The van der Waals surface area contributed by atoms with E-state index in [1.165, 1.54) is 17.4 Å². The Bertz CT molecular complexity index is 786. The van der Waals surface area contributed by atoms with Gasteiger partial charge in [0.2, 0.25) is 5.83 Å². The minimum atomic E-state index is -1.62. The van der Waals surface area contributed by atoms with Gasteiger partial charge in [-0.3, -0.25) is 0 Å². The van der Waals surface area contributed by atoms with Crippen molar-refractivity contribution in [2.45, 2.75) is 0 Å². The van der Waals surface area contributed by atoms with Gasteiger partial charge in [-0.15, -0.1) is 11.3 Å². The fraction of sp³-hybridized carbons (Fsp3) is 0. The third kappa shape index (κ3) is 2.33. The molecule has 0 fully saturated rings. The third-order valence-electron chi connectivity index (χ3n) is 2.60. The molecule has 0 bridgehead atoms. The van der Waals surface area contributed by atoms with Crippen LogP contribution in [-0.2, 0) is 4.79 Å². The first-order valence-electron chi connectivity index (χ1n) is 5.70. The number of aliphatic carboxylic acids is 1. The van der Waals surface area contributed by atoms with Gasteiger partial charge in [0, 0.05) is 6.08 Å². The second-order valence-electron chi connectivity index (χ2n) is 3.99. The molecule has 0 amide bonds. The molecule has 1 aromatic carbocycles. The lowest BCUT2D eigenvalue weighted by atomic mass is 10.3. The Balaban J connectivity index is 1.97. The molecular formula is C14H8FNO3S. The summed E-state index contributed by atoms with van der Waals surface area (Å²) in [6.07, 6.45) is 0.832. The molecule has 0 aliphatic carbocycles. The molecule has 4 nitrogen and oxygen atoms in total. The smallest absolute Gasteiger partial charge is 0.364 e. The molecule has 0 aliphatic rings. The molecule has 3 aromatic rings. The number of furan rings is 1. The van der Waals surface area contributed by atoms with Crippen LogP contribution in [0, 0.1) is 0 Å². The standard InChI is InChI=1S/C14H8FNO3S/c15-9(14(17)18)7-8-5-6-11(19-8)13-16-10-3-1-2-4-12(10)20-13/h1-7H,(H,17,18). The summed E-state index contributed by atoms with van der Waals surface area (Å²) in [6.45, 7) is 0. The number of rotatable bonds is 3. The van der Waals surface area contributed by atoms with E-state index in [1.807, 2.05) is 24.3 Å². The summed E-state index contributed by atoms with van der Waals surface area (Å²) in [4.78, 5) is 14.8. The summed E-state index contributed by atoms with van der Waals surface area (Å²) in [5.74, 6) is -2.27. The number of benzene rings is 1. The highest BCUT2D eigenvalue weighted by atomic mass is 32.1. The van der Waals surface area contributed by atoms with Gasteiger partial charge in [0.05, 0.1) is 10.2 Å². The summed E-state index contributed by atoms with van der Waals surface area (Å²) < 4.78 is 19.4. The number of hydrogen-bond acceptors (Lipinski definition) is 4. The second-order valence-corrected chi connectivity index (χ2v) is 5.02. The van der Waals surface area contributed by atoms with Gasteiger partial charge >= 0.3 is 5.97 Å². The first-order chi connectivity index (χ1) is 9.63. The van der Waals surface area contributed by atoms with Crippen LogP contribution in [0.2, 0.25) is 0 Å². The Labute approximate surface area is 116 Å². The van der Waals surface area contributed by atoms with Crippen molar-refractivity contribution in [1.29, 1.82) is 0 Å². The van der Waals surface area contributed by atoms with E-state index in [0.717, 1.165) is 16.3 Å².